The van der Waals surface area contributed by atoms with E-state index in [4.69, 9.17) is 0 Å². The number of anilines is 1. The van der Waals surface area contributed by atoms with Crippen LogP contribution in [-0.4, -0.2) is 15.9 Å². The van der Waals surface area contributed by atoms with E-state index in [-0.39, 0.29) is 11.4 Å². The number of phenols is 1. The number of carbonyl (C=O) groups is 1. The molecule has 2 N–H and O–H groups in total. The topological polar surface area (TPSA) is 92.5 Å². The van der Waals surface area contributed by atoms with Crippen LogP contribution in [0.4, 0.5) is 11.4 Å². The van der Waals surface area contributed by atoms with E-state index >= 15 is 0 Å². The minimum atomic E-state index is -0.513. The van der Waals surface area contributed by atoms with Gasteiger partial charge in [0.05, 0.1) is 10.6 Å². The Balaban J connectivity index is 2.10. The number of hydrogen-bond acceptors (Lipinski definition) is 4. The Kier molecular flexibility index (Phi) is 4.53. The third kappa shape index (κ3) is 3.92. The first-order chi connectivity index (χ1) is 10.5. The monoisotopic (exact) mass is 298 g/mol. The fraction of sp³-hybridized carbons (Fsp3) is 0.0625. The average molecular weight is 298 g/mol. The van der Waals surface area contributed by atoms with Gasteiger partial charge in [-0.25, -0.2) is 0 Å². The van der Waals surface area contributed by atoms with Gasteiger partial charge in [-0.2, -0.15) is 0 Å². The van der Waals surface area contributed by atoms with E-state index in [1.807, 2.05) is 0 Å². The Hall–Kier alpha value is -3.15. The zero-order valence-corrected chi connectivity index (χ0v) is 11.8. The number of aryl methyl sites for hydroxylation is 1. The number of nitro groups is 1. The van der Waals surface area contributed by atoms with Gasteiger partial charge in [0, 0.05) is 18.2 Å². The third-order valence-electron chi connectivity index (χ3n) is 3.01. The van der Waals surface area contributed by atoms with Gasteiger partial charge in [-0.1, -0.05) is 18.2 Å². The maximum atomic E-state index is 11.9. The predicted octanol–water partition coefficient (Wildman–Crippen LogP) is 3.26. The van der Waals surface area contributed by atoms with Crippen molar-refractivity contribution in [2.75, 3.05) is 5.32 Å². The molecule has 0 fully saturated rings. The number of nitro benzene ring substituents is 1. The molecule has 0 saturated carbocycles. The fourth-order valence-electron chi connectivity index (χ4n) is 1.79. The molecule has 112 valence electrons. The molecule has 0 unspecified atom stereocenters. The van der Waals surface area contributed by atoms with Gasteiger partial charge in [-0.05, 0) is 36.3 Å². The normalized spacial score (nSPS) is 10.6. The van der Waals surface area contributed by atoms with Crippen LogP contribution in [0.2, 0.25) is 0 Å². The lowest BCUT2D eigenvalue weighted by atomic mass is 10.1. The number of benzene rings is 2. The molecule has 0 aromatic heterocycles. The van der Waals surface area contributed by atoms with Crippen LogP contribution in [-0.2, 0) is 4.79 Å². The number of rotatable bonds is 4. The second-order valence-corrected chi connectivity index (χ2v) is 4.67. The molecule has 0 saturated heterocycles. The lowest BCUT2D eigenvalue weighted by molar-refractivity contribution is -0.384. The van der Waals surface area contributed by atoms with E-state index in [0.29, 0.717) is 5.69 Å². The zero-order chi connectivity index (χ0) is 16.1. The minimum Gasteiger partial charge on any atom is -0.508 e. The lowest BCUT2D eigenvalue weighted by Gasteiger charge is -2.06. The first-order valence-electron chi connectivity index (χ1n) is 6.49. The van der Waals surface area contributed by atoms with E-state index < -0.39 is 10.8 Å². The van der Waals surface area contributed by atoms with Gasteiger partial charge in [0.2, 0.25) is 5.91 Å². The van der Waals surface area contributed by atoms with Gasteiger partial charge in [-0.3, -0.25) is 14.9 Å². The van der Waals surface area contributed by atoms with Gasteiger partial charge < -0.3 is 10.4 Å². The van der Waals surface area contributed by atoms with Crippen molar-refractivity contribution in [2.24, 2.45) is 0 Å². The quantitative estimate of drug-likeness (QED) is 0.514. The predicted molar refractivity (Wildman–Crippen MR) is 83.6 cm³/mol. The molecule has 1 amide bonds. The number of nitrogens with zero attached hydrogens (tertiary/aromatic N) is 1. The number of nitrogens with one attached hydrogen (secondary N) is 1. The standard InChI is InChI=1S/C16H14N2O4/c1-11-2-6-13(18(21)22)10-15(11)17-16(20)9-5-12-3-7-14(19)8-4-12/h2-10,19H,1H3,(H,17,20)/b9-5+. The number of non-ortho nitro benzene ring substituents is 1. The van der Waals surface area contributed by atoms with Crippen LogP contribution < -0.4 is 5.32 Å². The maximum Gasteiger partial charge on any atom is 0.271 e. The Morgan fingerprint density at radius 3 is 2.55 bits per heavy atom. The van der Waals surface area contributed by atoms with Gasteiger partial charge in [0.25, 0.3) is 5.69 Å². The summed E-state index contributed by atoms with van der Waals surface area (Å²) in [6.45, 7) is 1.75. The summed E-state index contributed by atoms with van der Waals surface area (Å²) in [7, 11) is 0. The fourth-order valence-corrected chi connectivity index (χ4v) is 1.79. The highest BCUT2D eigenvalue weighted by molar-refractivity contribution is 6.02. The Morgan fingerprint density at radius 2 is 1.91 bits per heavy atom. The van der Waals surface area contributed by atoms with Crippen molar-refractivity contribution >= 4 is 23.4 Å². The smallest absolute Gasteiger partial charge is 0.271 e. The summed E-state index contributed by atoms with van der Waals surface area (Å²) in [5.41, 5.74) is 1.80. The molecule has 0 aliphatic rings. The number of aromatic hydroxyl groups is 1. The molecule has 22 heavy (non-hydrogen) atoms. The van der Waals surface area contributed by atoms with Crippen molar-refractivity contribution < 1.29 is 14.8 Å². The summed E-state index contributed by atoms with van der Waals surface area (Å²) in [5, 5.41) is 22.5. The third-order valence-corrected chi connectivity index (χ3v) is 3.01. The number of phenolic OH excluding ortho intramolecular Hbond substituents is 1. The van der Waals surface area contributed by atoms with Crippen LogP contribution in [0.1, 0.15) is 11.1 Å². The molecule has 2 rings (SSSR count). The van der Waals surface area contributed by atoms with Crippen molar-refractivity contribution in [3.8, 4) is 5.75 Å². The van der Waals surface area contributed by atoms with E-state index in [1.54, 1.807) is 31.2 Å². The van der Waals surface area contributed by atoms with E-state index in [1.165, 1.54) is 30.3 Å². The summed E-state index contributed by atoms with van der Waals surface area (Å²) < 4.78 is 0. The minimum absolute atomic E-state index is 0.0802. The van der Waals surface area contributed by atoms with Crippen molar-refractivity contribution in [3.63, 3.8) is 0 Å². The molecular weight excluding hydrogens is 284 g/mol. The second kappa shape index (κ2) is 6.53. The molecule has 0 bridgehead atoms. The Labute approximate surface area is 126 Å². The van der Waals surface area contributed by atoms with Crippen molar-refractivity contribution in [2.45, 2.75) is 6.92 Å². The van der Waals surface area contributed by atoms with Crippen molar-refractivity contribution in [1.82, 2.24) is 0 Å². The molecule has 0 heterocycles. The number of hydrogen-bond donors (Lipinski definition) is 2. The van der Waals surface area contributed by atoms with E-state index in [0.717, 1.165) is 11.1 Å². The molecule has 6 nitrogen and oxygen atoms in total. The van der Waals surface area contributed by atoms with Crippen LogP contribution in [0.3, 0.4) is 0 Å². The molecular formula is C16H14N2O4. The van der Waals surface area contributed by atoms with Crippen molar-refractivity contribution in [3.05, 3.63) is 69.8 Å². The molecule has 0 radical (unpaired) electrons. The largest absolute Gasteiger partial charge is 0.508 e. The van der Waals surface area contributed by atoms with Crippen LogP contribution in [0.5, 0.6) is 5.75 Å². The summed E-state index contributed by atoms with van der Waals surface area (Å²) in [4.78, 5) is 22.1. The van der Waals surface area contributed by atoms with Crippen LogP contribution >= 0.6 is 0 Å². The molecule has 2 aromatic carbocycles. The molecule has 0 aliphatic heterocycles. The SMILES string of the molecule is Cc1ccc([N+](=O)[O-])cc1NC(=O)/C=C/c1ccc(O)cc1. The van der Waals surface area contributed by atoms with E-state index in [2.05, 4.69) is 5.32 Å². The first-order valence-corrected chi connectivity index (χ1v) is 6.49. The maximum absolute atomic E-state index is 11.9. The van der Waals surface area contributed by atoms with Crippen LogP contribution in [0.25, 0.3) is 6.08 Å². The highest BCUT2D eigenvalue weighted by Crippen LogP contribution is 2.21. The molecule has 6 heteroatoms. The van der Waals surface area contributed by atoms with Crippen LogP contribution in [0.15, 0.2) is 48.5 Å². The summed E-state index contributed by atoms with van der Waals surface area (Å²) >= 11 is 0. The van der Waals surface area contributed by atoms with Crippen molar-refractivity contribution in [1.29, 1.82) is 0 Å². The number of carbonyl (C=O) groups excluding carboxylic acids is 1. The highest BCUT2D eigenvalue weighted by atomic mass is 16.6. The van der Waals surface area contributed by atoms with E-state index in [9.17, 15) is 20.0 Å². The van der Waals surface area contributed by atoms with Gasteiger partial charge >= 0.3 is 0 Å². The Bertz CT molecular complexity index is 736. The first kappa shape index (κ1) is 15.2. The van der Waals surface area contributed by atoms with Crippen LogP contribution in [0, 0.1) is 17.0 Å². The second-order valence-electron chi connectivity index (χ2n) is 4.67. The highest BCUT2D eigenvalue weighted by Gasteiger charge is 2.09. The molecule has 0 atom stereocenters. The number of amides is 1. The van der Waals surface area contributed by atoms with Gasteiger partial charge in [0.15, 0.2) is 0 Å². The Morgan fingerprint density at radius 1 is 1.23 bits per heavy atom. The van der Waals surface area contributed by atoms with Gasteiger partial charge in [-0.15, -0.1) is 0 Å². The molecule has 0 spiro atoms. The molecule has 0 aliphatic carbocycles. The lowest BCUT2D eigenvalue weighted by Crippen LogP contribution is -2.09. The summed E-state index contributed by atoms with van der Waals surface area (Å²) in [6.07, 6.45) is 2.91. The molecule has 2 aromatic rings. The van der Waals surface area contributed by atoms with Gasteiger partial charge in [0.1, 0.15) is 5.75 Å². The summed E-state index contributed by atoms with van der Waals surface area (Å²) in [6, 6.07) is 10.6. The zero-order valence-electron chi connectivity index (χ0n) is 11.8. The summed E-state index contributed by atoms with van der Waals surface area (Å²) in [5.74, 6) is -0.245. The average Bonchev–Trinajstić information content (AvgIpc) is 2.48.